The van der Waals surface area contributed by atoms with Crippen LogP contribution in [0.4, 0.5) is 0 Å². The molecular formula is C32H31N7O4. The maximum atomic E-state index is 13.3. The Balaban J connectivity index is 1.62. The van der Waals surface area contributed by atoms with Crippen molar-refractivity contribution < 1.29 is 19.4 Å². The highest BCUT2D eigenvalue weighted by Gasteiger charge is 2.25. The first-order valence-electron chi connectivity index (χ1n) is 13.6. The molecule has 218 valence electrons. The number of aromatic carboxylic acids is 1. The maximum Gasteiger partial charge on any atom is 0.336 e. The van der Waals surface area contributed by atoms with Gasteiger partial charge in [-0.15, -0.1) is 0 Å². The molecule has 2 heterocycles. The molecule has 3 aromatic carbocycles. The van der Waals surface area contributed by atoms with Crippen LogP contribution in [0.15, 0.2) is 67.0 Å². The average molecular weight is 578 g/mol. The third kappa shape index (κ3) is 5.91. The monoisotopic (exact) mass is 577 g/mol. The number of hydrogen-bond donors (Lipinski definition) is 5. The highest BCUT2D eigenvalue weighted by molar-refractivity contribution is 6.01. The molecule has 0 aliphatic carbocycles. The number of hydrogen-bond acceptors (Lipinski definition) is 7. The van der Waals surface area contributed by atoms with Crippen LogP contribution in [0.3, 0.4) is 0 Å². The van der Waals surface area contributed by atoms with Crippen molar-refractivity contribution in [2.24, 2.45) is 5.73 Å². The number of aromatic nitrogens is 4. The van der Waals surface area contributed by atoms with Crippen LogP contribution in [0, 0.1) is 12.3 Å². The summed E-state index contributed by atoms with van der Waals surface area (Å²) in [4.78, 5) is 34.2. The highest BCUT2D eigenvalue weighted by Crippen LogP contribution is 2.40. The Labute approximate surface area is 247 Å². The lowest BCUT2D eigenvalue weighted by atomic mass is 9.83. The van der Waals surface area contributed by atoms with Gasteiger partial charge in [0.1, 0.15) is 11.6 Å². The van der Waals surface area contributed by atoms with Crippen molar-refractivity contribution in [2.45, 2.75) is 32.7 Å². The highest BCUT2D eigenvalue weighted by atomic mass is 16.5. The summed E-state index contributed by atoms with van der Waals surface area (Å²) in [6.07, 6.45) is 3.89. The minimum atomic E-state index is -1.12. The normalized spacial score (nSPS) is 11.7. The van der Waals surface area contributed by atoms with Gasteiger partial charge in [0.15, 0.2) is 0 Å². The number of H-pyrrole nitrogens is 1. The molecule has 1 unspecified atom stereocenters. The van der Waals surface area contributed by atoms with E-state index in [1.807, 2.05) is 26.0 Å². The number of nitrogens with zero attached hydrogens (tertiary/aromatic N) is 3. The van der Waals surface area contributed by atoms with E-state index >= 15 is 0 Å². The molecule has 11 heteroatoms. The smallest absolute Gasteiger partial charge is 0.336 e. The van der Waals surface area contributed by atoms with Gasteiger partial charge in [-0.05, 0) is 66.4 Å². The van der Waals surface area contributed by atoms with E-state index in [0.29, 0.717) is 45.6 Å². The fraction of sp³-hybridized carbons (Fsp3) is 0.188. The quantitative estimate of drug-likeness (QED) is 0.116. The largest absolute Gasteiger partial charge is 0.497 e. The number of amides is 1. The summed E-state index contributed by atoms with van der Waals surface area (Å²) in [6.45, 7) is 4.05. The van der Waals surface area contributed by atoms with E-state index in [-0.39, 0.29) is 29.8 Å². The van der Waals surface area contributed by atoms with Gasteiger partial charge in [0.25, 0.3) is 5.91 Å². The first-order valence-corrected chi connectivity index (χ1v) is 13.6. The fourth-order valence-corrected chi connectivity index (χ4v) is 5.13. The summed E-state index contributed by atoms with van der Waals surface area (Å²) in [5.41, 5.74) is 11.4. The summed E-state index contributed by atoms with van der Waals surface area (Å²) < 4.78 is 5.30. The number of rotatable bonds is 10. The van der Waals surface area contributed by atoms with E-state index < -0.39 is 5.97 Å². The number of nitrogen functional groups attached to an aromatic ring is 1. The number of carbonyl (C=O) groups excluding carboxylic acids is 1. The van der Waals surface area contributed by atoms with E-state index in [1.54, 1.807) is 48.8 Å². The molecule has 1 atom stereocenters. The van der Waals surface area contributed by atoms with Crippen LogP contribution < -0.4 is 15.8 Å². The number of fused-ring (bicyclic) bond motifs is 1. The number of benzene rings is 3. The predicted molar refractivity (Wildman–Crippen MR) is 163 cm³/mol. The van der Waals surface area contributed by atoms with Gasteiger partial charge in [0.2, 0.25) is 0 Å². The summed E-state index contributed by atoms with van der Waals surface area (Å²) in [6, 6.07) is 15.6. The Kier molecular flexibility index (Phi) is 8.15. The second kappa shape index (κ2) is 12.1. The molecule has 5 rings (SSSR count). The van der Waals surface area contributed by atoms with Crippen LogP contribution in [-0.4, -0.2) is 50.1 Å². The van der Waals surface area contributed by atoms with Crippen LogP contribution in [0.1, 0.15) is 68.2 Å². The Morgan fingerprint density at radius 3 is 2.51 bits per heavy atom. The molecular weight excluding hydrogens is 546 g/mol. The van der Waals surface area contributed by atoms with E-state index in [2.05, 4.69) is 25.5 Å². The fourth-order valence-electron chi connectivity index (χ4n) is 5.13. The summed E-state index contributed by atoms with van der Waals surface area (Å²) in [7, 11) is 1.48. The minimum Gasteiger partial charge on any atom is -0.497 e. The van der Waals surface area contributed by atoms with Crippen molar-refractivity contribution in [1.29, 1.82) is 5.41 Å². The maximum absolute atomic E-state index is 13.3. The van der Waals surface area contributed by atoms with E-state index in [0.717, 1.165) is 22.3 Å². The van der Waals surface area contributed by atoms with Crippen LogP contribution in [-0.2, 0) is 6.54 Å². The molecule has 0 aliphatic rings. The first-order chi connectivity index (χ1) is 20.7. The van der Waals surface area contributed by atoms with Crippen LogP contribution in [0.25, 0.3) is 22.0 Å². The molecule has 2 aromatic heterocycles. The molecule has 0 spiro atoms. The van der Waals surface area contributed by atoms with Gasteiger partial charge in [0.05, 0.1) is 48.0 Å². The number of amidine groups is 1. The lowest BCUT2D eigenvalue weighted by Crippen LogP contribution is -2.23. The number of aryl methyl sites for hydroxylation is 1. The summed E-state index contributed by atoms with van der Waals surface area (Å²) >= 11 is 0. The van der Waals surface area contributed by atoms with Crippen molar-refractivity contribution >= 4 is 28.6 Å². The number of carboxylic acids is 1. The van der Waals surface area contributed by atoms with Gasteiger partial charge in [0, 0.05) is 28.6 Å². The van der Waals surface area contributed by atoms with E-state index in [9.17, 15) is 14.7 Å². The Bertz CT molecular complexity index is 1850. The molecule has 43 heavy (non-hydrogen) atoms. The standard InChI is InChI=1S/C32H31N7O4/c1-4-22(29-25-9-5-18(30(33)34)12-28(25)38-39-29)23-8-6-19(31(40)37-16-20-15-35-17(2)14-36-20)11-26(23)24-10-7-21(43-3)13-27(24)32(41)42/h5-15,22H,4,16H2,1-3H3,(H3,33,34)(H,37,40)(H,38,39)(H,41,42). The molecule has 6 N–H and O–H groups in total. The molecule has 1 amide bonds. The van der Waals surface area contributed by atoms with Crippen LogP contribution >= 0.6 is 0 Å². The molecule has 0 aliphatic heterocycles. The zero-order valence-corrected chi connectivity index (χ0v) is 23.9. The minimum absolute atomic E-state index is 0.0449. The topological polar surface area (TPSA) is 180 Å². The number of nitrogens with one attached hydrogen (secondary N) is 3. The van der Waals surface area contributed by atoms with Gasteiger partial charge in [-0.3, -0.25) is 25.3 Å². The van der Waals surface area contributed by atoms with Gasteiger partial charge in [-0.25, -0.2) is 4.79 Å². The molecule has 5 aromatic rings. The van der Waals surface area contributed by atoms with Crippen molar-refractivity contribution in [3.63, 3.8) is 0 Å². The Morgan fingerprint density at radius 2 is 1.84 bits per heavy atom. The second-order valence-corrected chi connectivity index (χ2v) is 10.1. The number of aromatic amines is 1. The molecule has 0 saturated carbocycles. The number of ether oxygens (including phenoxy) is 1. The average Bonchev–Trinajstić information content (AvgIpc) is 3.43. The number of carboxylic acid groups (broad SMARTS) is 1. The van der Waals surface area contributed by atoms with Crippen molar-refractivity contribution in [3.05, 3.63) is 106 Å². The third-order valence-corrected chi connectivity index (χ3v) is 7.36. The first kappa shape index (κ1) is 28.9. The summed E-state index contributed by atoms with van der Waals surface area (Å²) in [5, 5.41) is 29.3. The van der Waals surface area contributed by atoms with Crippen LogP contribution in [0.2, 0.25) is 0 Å². The molecule has 0 bridgehead atoms. The number of methoxy groups -OCH3 is 1. The Hall–Kier alpha value is -5.58. The number of carbonyl (C=O) groups is 2. The van der Waals surface area contributed by atoms with Gasteiger partial charge < -0.3 is 20.9 Å². The van der Waals surface area contributed by atoms with Gasteiger partial charge in [-0.2, -0.15) is 5.10 Å². The Morgan fingerprint density at radius 1 is 1.05 bits per heavy atom. The van der Waals surface area contributed by atoms with E-state index in [4.69, 9.17) is 15.9 Å². The second-order valence-electron chi connectivity index (χ2n) is 10.1. The summed E-state index contributed by atoms with van der Waals surface area (Å²) in [5.74, 6) is -1.33. The van der Waals surface area contributed by atoms with Crippen molar-refractivity contribution in [1.82, 2.24) is 25.5 Å². The van der Waals surface area contributed by atoms with Crippen molar-refractivity contribution in [2.75, 3.05) is 7.11 Å². The van der Waals surface area contributed by atoms with Gasteiger partial charge >= 0.3 is 5.97 Å². The zero-order chi connectivity index (χ0) is 30.7. The predicted octanol–water partition coefficient (Wildman–Crippen LogP) is 4.79. The molecule has 0 radical (unpaired) electrons. The lowest BCUT2D eigenvalue weighted by molar-refractivity contribution is 0.0697. The molecule has 0 saturated heterocycles. The zero-order valence-electron chi connectivity index (χ0n) is 23.9. The number of nitrogens with two attached hydrogens (primary N) is 1. The van der Waals surface area contributed by atoms with Crippen LogP contribution in [0.5, 0.6) is 5.75 Å². The van der Waals surface area contributed by atoms with Crippen molar-refractivity contribution in [3.8, 4) is 16.9 Å². The van der Waals surface area contributed by atoms with E-state index in [1.165, 1.54) is 13.2 Å². The molecule has 11 nitrogen and oxygen atoms in total. The molecule has 0 fully saturated rings. The third-order valence-electron chi connectivity index (χ3n) is 7.36. The lowest BCUT2D eigenvalue weighted by Gasteiger charge is -2.21. The SMILES string of the molecule is CCC(c1ccc(C(=O)NCc2cnc(C)cn2)cc1-c1ccc(OC)cc1C(=O)O)c1[nH]nc2cc(C(=N)N)ccc12. The van der Waals surface area contributed by atoms with Gasteiger partial charge in [-0.1, -0.05) is 25.1 Å².